The van der Waals surface area contributed by atoms with Crippen molar-refractivity contribution in [3.63, 3.8) is 0 Å². The van der Waals surface area contributed by atoms with E-state index < -0.39 is 11.7 Å². The molecule has 0 saturated carbocycles. The minimum absolute atomic E-state index is 0.0117. The van der Waals surface area contributed by atoms with Crippen LogP contribution < -0.4 is 5.32 Å². The van der Waals surface area contributed by atoms with Crippen LogP contribution in [0.2, 0.25) is 10.0 Å². The molecular formula is C14H15Cl2FN2O3. The highest BCUT2D eigenvalue weighted by Gasteiger charge is 2.18. The van der Waals surface area contributed by atoms with E-state index in [1.807, 2.05) is 0 Å². The Morgan fingerprint density at radius 2 is 1.91 bits per heavy atom. The molecule has 1 saturated heterocycles. The van der Waals surface area contributed by atoms with Crippen LogP contribution in [-0.2, 0) is 9.53 Å². The second-order valence-electron chi connectivity index (χ2n) is 4.75. The van der Waals surface area contributed by atoms with Gasteiger partial charge in [-0.15, -0.1) is 0 Å². The van der Waals surface area contributed by atoms with E-state index in [2.05, 4.69) is 5.32 Å². The van der Waals surface area contributed by atoms with Crippen molar-refractivity contribution in [3.8, 4) is 0 Å². The van der Waals surface area contributed by atoms with Gasteiger partial charge in [0.1, 0.15) is 5.82 Å². The zero-order chi connectivity index (χ0) is 16.1. The molecule has 0 unspecified atom stereocenters. The maximum atomic E-state index is 13.4. The predicted molar refractivity (Wildman–Crippen MR) is 80.8 cm³/mol. The van der Waals surface area contributed by atoms with E-state index in [9.17, 15) is 14.0 Å². The maximum Gasteiger partial charge on any atom is 0.252 e. The molecule has 1 fully saturated rings. The van der Waals surface area contributed by atoms with Gasteiger partial charge in [0, 0.05) is 26.1 Å². The summed E-state index contributed by atoms with van der Waals surface area (Å²) < 4.78 is 18.5. The van der Waals surface area contributed by atoms with Crippen molar-refractivity contribution in [2.24, 2.45) is 0 Å². The van der Waals surface area contributed by atoms with Gasteiger partial charge in [-0.1, -0.05) is 23.2 Å². The second kappa shape index (κ2) is 7.76. The first-order valence-electron chi connectivity index (χ1n) is 6.77. The summed E-state index contributed by atoms with van der Waals surface area (Å²) in [6.07, 6.45) is 0.166. The van der Waals surface area contributed by atoms with E-state index in [0.29, 0.717) is 26.3 Å². The molecule has 0 radical (unpaired) electrons. The largest absolute Gasteiger partial charge is 0.378 e. The molecule has 0 bridgehead atoms. The molecule has 1 aliphatic rings. The number of nitrogens with zero attached hydrogens (tertiary/aromatic N) is 1. The lowest BCUT2D eigenvalue weighted by Crippen LogP contribution is -2.42. The first-order valence-corrected chi connectivity index (χ1v) is 7.53. The standard InChI is InChI=1S/C14H15Cl2FN2O3/c15-10-8-11(16)12(17)7-9(10)14(21)18-2-1-13(20)19-3-5-22-6-4-19/h7-8H,1-6H2,(H,18,21). The lowest BCUT2D eigenvalue weighted by Gasteiger charge is -2.26. The van der Waals surface area contributed by atoms with Crippen molar-refractivity contribution in [2.75, 3.05) is 32.8 Å². The summed E-state index contributed by atoms with van der Waals surface area (Å²) >= 11 is 11.4. The summed E-state index contributed by atoms with van der Waals surface area (Å²) in [5, 5.41) is 2.45. The quantitative estimate of drug-likeness (QED) is 0.847. The van der Waals surface area contributed by atoms with Crippen molar-refractivity contribution < 1.29 is 18.7 Å². The number of rotatable bonds is 4. The molecule has 1 aromatic rings. The molecule has 120 valence electrons. The average Bonchev–Trinajstić information content (AvgIpc) is 2.51. The van der Waals surface area contributed by atoms with Gasteiger partial charge in [-0.3, -0.25) is 9.59 Å². The molecule has 2 rings (SSSR count). The molecular weight excluding hydrogens is 334 g/mol. The van der Waals surface area contributed by atoms with E-state index in [1.54, 1.807) is 4.90 Å². The Bertz CT molecular complexity index is 577. The number of carbonyl (C=O) groups excluding carboxylic acids is 2. The lowest BCUT2D eigenvalue weighted by atomic mass is 10.2. The monoisotopic (exact) mass is 348 g/mol. The third-order valence-corrected chi connectivity index (χ3v) is 3.85. The van der Waals surface area contributed by atoms with E-state index in [-0.39, 0.29) is 34.5 Å². The van der Waals surface area contributed by atoms with Crippen molar-refractivity contribution in [2.45, 2.75) is 6.42 Å². The molecule has 1 heterocycles. The van der Waals surface area contributed by atoms with Crippen LogP contribution in [0.1, 0.15) is 16.8 Å². The number of amides is 2. The van der Waals surface area contributed by atoms with Gasteiger partial charge in [-0.2, -0.15) is 0 Å². The van der Waals surface area contributed by atoms with Gasteiger partial charge in [-0.25, -0.2) is 4.39 Å². The van der Waals surface area contributed by atoms with E-state index in [4.69, 9.17) is 27.9 Å². The topological polar surface area (TPSA) is 58.6 Å². The van der Waals surface area contributed by atoms with Crippen LogP contribution >= 0.6 is 23.2 Å². The molecule has 22 heavy (non-hydrogen) atoms. The van der Waals surface area contributed by atoms with E-state index in [1.165, 1.54) is 6.07 Å². The third kappa shape index (κ3) is 4.32. The fourth-order valence-corrected chi connectivity index (χ4v) is 2.51. The molecule has 8 heteroatoms. The van der Waals surface area contributed by atoms with Crippen LogP contribution in [0.15, 0.2) is 12.1 Å². The van der Waals surface area contributed by atoms with Gasteiger partial charge in [0.05, 0.1) is 28.8 Å². The molecule has 5 nitrogen and oxygen atoms in total. The van der Waals surface area contributed by atoms with Crippen molar-refractivity contribution in [1.29, 1.82) is 0 Å². The fraction of sp³-hybridized carbons (Fsp3) is 0.429. The number of hydrogen-bond donors (Lipinski definition) is 1. The number of nitrogens with one attached hydrogen (secondary N) is 1. The first-order chi connectivity index (χ1) is 10.5. The Balaban J connectivity index is 1.85. The molecule has 1 aromatic carbocycles. The van der Waals surface area contributed by atoms with Gasteiger partial charge < -0.3 is 15.0 Å². The Kier molecular flexibility index (Phi) is 5.99. The zero-order valence-corrected chi connectivity index (χ0v) is 13.2. The van der Waals surface area contributed by atoms with Crippen LogP contribution in [0, 0.1) is 5.82 Å². The number of morpholine rings is 1. The molecule has 2 amide bonds. The minimum Gasteiger partial charge on any atom is -0.378 e. The summed E-state index contributed by atoms with van der Waals surface area (Å²) in [5.41, 5.74) is -0.0117. The number of hydrogen-bond acceptors (Lipinski definition) is 3. The maximum absolute atomic E-state index is 13.4. The molecule has 0 atom stereocenters. The highest BCUT2D eigenvalue weighted by Crippen LogP contribution is 2.24. The predicted octanol–water partition coefficient (Wildman–Crippen LogP) is 2.11. The van der Waals surface area contributed by atoms with E-state index >= 15 is 0 Å². The molecule has 0 spiro atoms. The van der Waals surface area contributed by atoms with Crippen molar-refractivity contribution in [3.05, 3.63) is 33.6 Å². The number of carbonyl (C=O) groups is 2. The smallest absolute Gasteiger partial charge is 0.252 e. The van der Waals surface area contributed by atoms with Crippen LogP contribution in [0.25, 0.3) is 0 Å². The first kappa shape index (κ1) is 17.0. The Morgan fingerprint density at radius 1 is 1.23 bits per heavy atom. The molecule has 1 N–H and O–H groups in total. The fourth-order valence-electron chi connectivity index (χ4n) is 2.05. The summed E-state index contributed by atoms with van der Waals surface area (Å²) in [5.74, 6) is -1.33. The van der Waals surface area contributed by atoms with Crippen molar-refractivity contribution >= 4 is 35.0 Å². The van der Waals surface area contributed by atoms with Gasteiger partial charge in [0.2, 0.25) is 5.91 Å². The lowest BCUT2D eigenvalue weighted by molar-refractivity contribution is -0.135. The Hall–Kier alpha value is -1.37. The molecule has 1 aliphatic heterocycles. The average molecular weight is 349 g/mol. The van der Waals surface area contributed by atoms with Crippen LogP contribution in [0.4, 0.5) is 4.39 Å². The van der Waals surface area contributed by atoms with Gasteiger partial charge in [0.15, 0.2) is 0 Å². The van der Waals surface area contributed by atoms with E-state index in [0.717, 1.165) is 6.07 Å². The number of ether oxygens (including phenoxy) is 1. The second-order valence-corrected chi connectivity index (χ2v) is 5.56. The number of halogens is 3. The summed E-state index contributed by atoms with van der Waals surface area (Å²) in [4.78, 5) is 25.5. The van der Waals surface area contributed by atoms with Crippen LogP contribution in [0.5, 0.6) is 0 Å². The normalized spacial score (nSPS) is 14.8. The van der Waals surface area contributed by atoms with Gasteiger partial charge >= 0.3 is 0 Å². The third-order valence-electron chi connectivity index (χ3n) is 3.24. The Labute approximate surface area is 137 Å². The molecule has 0 aromatic heterocycles. The summed E-state index contributed by atoms with van der Waals surface area (Å²) in [6, 6.07) is 2.15. The SMILES string of the molecule is O=C(NCCC(=O)N1CCOCC1)c1cc(F)c(Cl)cc1Cl. The highest BCUT2D eigenvalue weighted by atomic mass is 35.5. The van der Waals surface area contributed by atoms with Crippen LogP contribution in [-0.4, -0.2) is 49.6 Å². The summed E-state index contributed by atoms with van der Waals surface area (Å²) in [7, 11) is 0. The summed E-state index contributed by atoms with van der Waals surface area (Å²) in [6.45, 7) is 2.31. The highest BCUT2D eigenvalue weighted by molar-refractivity contribution is 6.36. The Morgan fingerprint density at radius 3 is 2.59 bits per heavy atom. The minimum atomic E-state index is -0.722. The van der Waals surface area contributed by atoms with Gasteiger partial charge in [-0.05, 0) is 12.1 Å². The van der Waals surface area contributed by atoms with Crippen molar-refractivity contribution in [1.82, 2.24) is 10.2 Å². The molecule has 0 aliphatic carbocycles. The van der Waals surface area contributed by atoms with Crippen LogP contribution in [0.3, 0.4) is 0 Å². The van der Waals surface area contributed by atoms with Gasteiger partial charge in [0.25, 0.3) is 5.91 Å². The number of benzene rings is 1. The zero-order valence-electron chi connectivity index (χ0n) is 11.7.